The van der Waals surface area contributed by atoms with Crippen molar-refractivity contribution in [3.05, 3.63) is 29.8 Å². The highest BCUT2D eigenvalue weighted by Crippen LogP contribution is 2.37. The van der Waals surface area contributed by atoms with Crippen LogP contribution in [-0.4, -0.2) is 57.2 Å². The molecule has 1 aliphatic carbocycles. The first-order chi connectivity index (χ1) is 12.2. The van der Waals surface area contributed by atoms with E-state index in [4.69, 9.17) is 4.74 Å². The topological polar surface area (TPSA) is 53.6 Å². The monoisotopic (exact) mass is 345 g/mol. The molecule has 0 unspecified atom stereocenters. The smallest absolute Gasteiger partial charge is 0.253 e. The van der Waals surface area contributed by atoms with E-state index in [1.807, 2.05) is 31.3 Å². The third kappa shape index (κ3) is 4.73. The molecule has 25 heavy (non-hydrogen) atoms. The van der Waals surface area contributed by atoms with Crippen molar-refractivity contribution in [2.75, 3.05) is 51.8 Å². The average molecular weight is 345 g/mol. The third-order valence-corrected chi connectivity index (χ3v) is 5.64. The first-order valence-corrected chi connectivity index (χ1v) is 9.58. The van der Waals surface area contributed by atoms with Gasteiger partial charge in [-0.05, 0) is 25.0 Å². The Morgan fingerprint density at radius 1 is 1.16 bits per heavy atom. The van der Waals surface area contributed by atoms with Gasteiger partial charge in [0.1, 0.15) is 0 Å². The minimum atomic E-state index is 0.0249. The summed E-state index contributed by atoms with van der Waals surface area (Å²) in [5.41, 5.74) is 1.81. The van der Waals surface area contributed by atoms with Gasteiger partial charge in [-0.3, -0.25) is 9.69 Å². The van der Waals surface area contributed by atoms with Crippen molar-refractivity contribution in [3.63, 3.8) is 0 Å². The van der Waals surface area contributed by atoms with Gasteiger partial charge < -0.3 is 15.4 Å². The van der Waals surface area contributed by atoms with Crippen LogP contribution in [0, 0.1) is 5.41 Å². The van der Waals surface area contributed by atoms with E-state index in [1.54, 1.807) is 0 Å². The molecule has 5 heteroatoms. The van der Waals surface area contributed by atoms with Gasteiger partial charge in [0, 0.05) is 44.3 Å². The van der Waals surface area contributed by atoms with E-state index in [-0.39, 0.29) is 11.3 Å². The van der Waals surface area contributed by atoms with E-state index in [0.717, 1.165) is 50.6 Å². The molecule has 138 valence electrons. The maximum atomic E-state index is 12.7. The molecule has 1 saturated heterocycles. The number of nitrogens with one attached hydrogen (secondary N) is 2. The summed E-state index contributed by atoms with van der Waals surface area (Å²) in [4.78, 5) is 15.2. The zero-order valence-corrected chi connectivity index (χ0v) is 15.4. The summed E-state index contributed by atoms with van der Waals surface area (Å²) in [6, 6.07) is 7.69. The standard InChI is InChI=1S/C20H31N3O2/c1-21-18-8-4-3-7-17(18)19(24)22-15-20(9-5-2-6-10-20)16-23-11-13-25-14-12-23/h3-4,7-8,21H,2,5-6,9-16H2,1H3,(H,22,24). The number of amides is 1. The number of ether oxygens (including phenoxy) is 1. The van der Waals surface area contributed by atoms with Crippen LogP contribution in [0.25, 0.3) is 0 Å². The minimum absolute atomic E-state index is 0.0249. The second kappa shape index (κ2) is 8.68. The molecule has 1 aromatic rings. The lowest BCUT2D eigenvalue weighted by Gasteiger charge is -2.42. The van der Waals surface area contributed by atoms with Gasteiger partial charge in [0.2, 0.25) is 0 Å². The van der Waals surface area contributed by atoms with Gasteiger partial charge in [0.15, 0.2) is 0 Å². The molecule has 0 aromatic heterocycles. The van der Waals surface area contributed by atoms with Crippen LogP contribution in [0.3, 0.4) is 0 Å². The summed E-state index contributed by atoms with van der Waals surface area (Å²) >= 11 is 0. The fraction of sp³-hybridized carbons (Fsp3) is 0.650. The summed E-state index contributed by atoms with van der Waals surface area (Å²) in [5.74, 6) is 0.0249. The van der Waals surface area contributed by atoms with Crippen molar-refractivity contribution in [2.45, 2.75) is 32.1 Å². The predicted octanol–water partition coefficient (Wildman–Crippen LogP) is 2.74. The number of morpholine rings is 1. The van der Waals surface area contributed by atoms with Gasteiger partial charge >= 0.3 is 0 Å². The number of carbonyl (C=O) groups is 1. The van der Waals surface area contributed by atoms with Crippen LogP contribution in [0.2, 0.25) is 0 Å². The van der Waals surface area contributed by atoms with E-state index in [1.165, 1.54) is 32.1 Å². The zero-order chi connectivity index (χ0) is 17.5. The number of anilines is 1. The Morgan fingerprint density at radius 3 is 2.60 bits per heavy atom. The van der Waals surface area contributed by atoms with E-state index in [9.17, 15) is 4.79 Å². The van der Waals surface area contributed by atoms with Crippen LogP contribution in [0.5, 0.6) is 0 Å². The molecule has 2 N–H and O–H groups in total. The number of benzene rings is 1. The molecule has 5 nitrogen and oxygen atoms in total. The largest absolute Gasteiger partial charge is 0.387 e. The Bertz CT molecular complexity index is 564. The summed E-state index contributed by atoms with van der Waals surface area (Å²) in [6.45, 7) is 5.53. The lowest BCUT2D eigenvalue weighted by molar-refractivity contribution is 0.00728. The highest BCUT2D eigenvalue weighted by molar-refractivity contribution is 5.99. The van der Waals surface area contributed by atoms with Crippen molar-refractivity contribution < 1.29 is 9.53 Å². The molecule has 1 aliphatic heterocycles. The maximum absolute atomic E-state index is 12.7. The molecule has 0 radical (unpaired) electrons. The van der Waals surface area contributed by atoms with Crippen molar-refractivity contribution in [2.24, 2.45) is 5.41 Å². The molecule has 0 bridgehead atoms. The van der Waals surface area contributed by atoms with Crippen LogP contribution in [0.1, 0.15) is 42.5 Å². The lowest BCUT2D eigenvalue weighted by atomic mass is 9.73. The van der Waals surface area contributed by atoms with Crippen LogP contribution >= 0.6 is 0 Å². The van der Waals surface area contributed by atoms with Crippen LogP contribution in [0.4, 0.5) is 5.69 Å². The highest BCUT2D eigenvalue weighted by atomic mass is 16.5. The maximum Gasteiger partial charge on any atom is 0.253 e. The van der Waals surface area contributed by atoms with E-state index in [2.05, 4.69) is 15.5 Å². The van der Waals surface area contributed by atoms with Crippen molar-refractivity contribution >= 4 is 11.6 Å². The molecule has 2 aliphatic rings. The molecule has 1 aromatic carbocycles. The van der Waals surface area contributed by atoms with E-state index >= 15 is 0 Å². The molecule has 0 spiro atoms. The zero-order valence-electron chi connectivity index (χ0n) is 15.4. The number of hydrogen-bond acceptors (Lipinski definition) is 4. The number of rotatable bonds is 6. The predicted molar refractivity (Wildman–Crippen MR) is 101 cm³/mol. The molecule has 3 rings (SSSR count). The quantitative estimate of drug-likeness (QED) is 0.832. The van der Waals surface area contributed by atoms with Gasteiger partial charge in [-0.2, -0.15) is 0 Å². The van der Waals surface area contributed by atoms with Gasteiger partial charge in [-0.1, -0.05) is 31.4 Å². The average Bonchev–Trinajstić information content (AvgIpc) is 2.67. The van der Waals surface area contributed by atoms with Gasteiger partial charge in [-0.25, -0.2) is 0 Å². The number of carbonyl (C=O) groups excluding carboxylic acids is 1. The van der Waals surface area contributed by atoms with Crippen molar-refractivity contribution in [1.82, 2.24) is 10.2 Å². The Hall–Kier alpha value is -1.59. The van der Waals surface area contributed by atoms with Gasteiger partial charge in [0.05, 0.1) is 18.8 Å². The van der Waals surface area contributed by atoms with Crippen molar-refractivity contribution in [1.29, 1.82) is 0 Å². The lowest BCUT2D eigenvalue weighted by Crippen LogP contribution is -2.49. The van der Waals surface area contributed by atoms with Crippen LogP contribution in [-0.2, 0) is 4.74 Å². The Labute approximate surface area is 151 Å². The molecule has 1 heterocycles. The fourth-order valence-corrected chi connectivity index (χ4v) is 4.19. The van der Waals surface area contributed by atoms with Crippen molar-refractivity contribution in [3.8, 4) is 0 Å². The fourth-order valence-electron chi connectivity index (χ4n) is 4.19. The Kier molecular flexibility index (Phi) is 6.32. The van der Waals surface area contributed by atoms with Gasteiger partial charge in [0.25, 0.3) is 5.91 Å². The summed E-state index contributed by atoms with van der Waals surface area (Å²) in [7, 11) is 1.85. The summed E-state index contributed by atoms with van der Waals surface area (Å²) in [6.07, 6.45) is 6.28. The Balaban J connectivity index is 1.64. The summed E-state index contributed by atoms with van der Waals surface area (Å²) in [5, 5.41) is 6.34. The Morgan fingerprint density at radius 2 is 1.88 bits per heavy atom. The molecular formula is C20H31N3O2. The first kappa shape index (κ1) is 18.2. The second-order valence-corrected chi connectivity index (χ2v) is 7.43. The number of nitrogens with zero attached hydrogens (tertiary/aromatic N) is 1. The van der Waals surface area contributed by atoms with Crippen LogP contribution in [0.15, 0.2) is 24.3 Å². The number of hydrogen-bond donors (Lipinski definition) is 2. The summed E-state index contributed by atoms with van der Waals surface area (Å²) < 4.78 is 5.49. The second-order valence-electron chi connectivity index (χ2n) is 7.43. The van der Waals surface area contributed by atoms with E-state index in [0.29, 0.717) is 0 Å². The SMILES string of the molecule is CNc1ccccc1C(=O)NCC1(CN2CCOCC2)CCCCC1. The molecular weight excluding hydrogens is 314 g/mol. The number of para-hydroxylation sites is 1. The molecule has 2 fully saturated rings. The van der Waals surface area contributed by atoms with Crippen LogP contribution < -0.4 is 10.6 Å². The highest BCUT2D eigenvalue weighted by Gasteiger charge is 2.34. The van der Waals surface area contributed by atoms with Gasteiger partial charge in [-0.15, -0.1) is 0 Å². The normalized spacial score (nSPS) is 20.8. The minimum Gasteiger partial charge on any atom is -0.387 e. The van der Waals surface area contributed by atoms with E-state index < -0.39 is 0 Å². The third-order valence-electron chi connectivity index (χ3n) is 5.64. The molecule has 0 atom stereocenters. The molecule has 1 amide bonds. The first-order valence-electron chi connectivity index (χ1n) is 9.58. The molecule has 1 saturated carbocycles.